The third-order valence-corrected chi connectivity index (χ3v) is 3.70. The van der Waals surface area contributed by atoms with E-state index in [0.717, 1.165) is 16.5 Å². The maximum Gasteiger partial charge on any atom is 0.270 e. The Hall–Kier alpha value is -3.21. The number of rotatable bonds is 4. The Morgan fingerprint density at radius 3 is 2.62 bits per heavy atom. The molecular formula is C19H17N3O2. The Morgan fingerprint density at radius 2 is 1.79 bits per heavy atom. The molecule has 3 rings (SSSR count). The molecule has 1 aromatic heterocycles. The highest BCUT2D eigenvalue weighted by atomic mass is 16.2. The summed E-state index contributed by atoms with van der Waals surface area (Å²) in [6, 6.07) is 18.4. The molecule has 5 nitrogen and oxygen atoms in total. The number of carbonyl (C=O) groups excluding carboxylic acids is 2. The second-order valence-corrected chi connectivity index (χ2v) is 5.35. The van der Waals surface area contributed by atoms with E-state index in [1.54, 1.807) is 31.3 Å². The molecule has 0 saturated heterocycles. The lowest BCUT2D eigenvalue weighted by molar-refractivity contribution is 0.0944. The quantitative estimate of drug-likeness (QED) is 0.776. The van der Waals surface area contributed by atoms with Crippen LogP contribution in [0.2, 0.25) is 0 Å². The van der Waals surface area contributed by atoms with Crippen molar-refractivity contribution < 1.29 is 9.59 Å². The maximum absolute atomic E-state index is 12.3. The molecule has 3 aromatic rings. The Bertz CT molecular complexity index is 906. The first kappa shape index (κ1) is 15.7. The van der Waals surface area contributed by atoms with Crippen LogP contribution in [0, 0.1) is 0 Å². The van der Waals surface area contributed by atoms with E-state index in [1.165, 1.54) is 0 Å². The summed E-state index contributed by atoms with van der Waals surface area (Å²) in [6.45, 7) is 0.332. The highest BCUT2D eigenvalue weighted by Gasteiger charge is 2.09. The molecule has 0 atom stereocenters. The molecule has 2 aromatic carbocycles. The summed E-state index contributed by atoms with van der Waals surface area (Å²) < 4.78 is 0. The van der Waals surface area contributed by atoms with Crippen LogP contribution >= 0.6 is 0 Å². The number of aromatic nitrogens is 1. The molecular weight excluding hydrogens is 302 g/mol. The number of para-hydroxylation sites is 1. The molecule has 0 radical (unpaired) electrons. The number of benzene rings is 2. The van der Waals surface area contributed by atoms with Gasteiger partial charge in [-0.2, -0.15) is 0 Å². The average Bonchev–Trinajstić information content (AvgIpc) is 2.65. The zero-order valence-electron chi connectivity index (χ0n) is 13.2. The molecule has 0 spiro atoms. The van der Waals surface area contributed by atoms with Crippen LogP contribution in [0.3, 0.4) is 0 Å². The summed E-state index contributed by atoms with van der Waals surface area (Å²) in [6.07, 6.45) is 0. The van der Waals surface area contributed by atoms with Gasteiger partial charge in [0.1, 0.15) is 5.69 Å². The molecule has 0 fully saturated rings. The first-order valence-electron chi connectivity index (χ1n) is 7.62. The molecule has 0 aliphatic heterocycles. The molecule has 1 heterocycles. The molecule has 5 heteroatoms. The van der Waals surface area contributed by atoms with Crippen molar-refractivity contribution in [2.24, 2.45) is 0 Å². The van der Waals surface area contributed by atoms with Gasteiger partial charge in [0.2, 0.25) is 0 Å². The largest absolute Gasteiger partial charge is 0.355 e. The standard InChI is InChI=1S/C19H17N3O2/c1-20-18(23)15-7-4-5-13(11-15)12-21-19(24)17-10-9-14-6-2-3-8-16(14)22-17/h2-11H,12H2,1H3,(H,20,23)(H,21,24). The number of pyridine rings is 1. The van der Waals surface area contributed by atoms with E-state index in [9.17, 15) is 9.59 Å². The number of carbonyl (C=O) groups is 2. The number of hydrogen-bond donors (Lipinski definition) is 2. The van der Waals surface area contributed by atoms with Crippen LogP contribution < -0.4 is 10.6 Å². The van der Waals surface area contributed by atoms with Crippen LogP contribution in [-0.4, -0.2) is 23.8 Å². The van der Waals surface area contributed by atoms with Crippen molar-refractivity contribution in [3.8, 4) is 0 Å². The normalized spacial score (nSPS) is 10.4. The summed E-state index contributed by atoms with van der Waals surface area (Å²) in [5.41, 5.74) is 2.57. The van der Waals surface area contributed by atoms with Gasteiger partial charge in [0.25, 0.3) is 11.8 Å². The molecule has 0 aliphatic rings. The fraction of sp³-hybridized carbons (Fsp3) is 0.105. The predicted octanol–water partition coefficient (Wildman–Crippen LogP) is 2.52. The van der Waals surface area contributed by atoms with Crippen LogP contribution in [0.25, 0.3) is 10.9 Å². The molecule has 0 saturated carbocycles. The van der Waals surface area contributed by atoms with Gasteiger partial charge in [-0.25, -0.2) is 4.98 Å². The first-order valence-corrected chi connectivity index (χ1v) is 7.62. The van der Waals surface area contributed by atoms with Gasteiger partial charge in [-0.05, 0) is 29.8 Å². The minimum atomic E-state index is -0.244. The van der Waals surface area contributed by atoms with Crippen molar-refractivity contribution in [2.45, 2.75) is 6.54 Å². The van der Waals surface area contributed by atoms with Crippen molar-refractivity contribution in [1.82, 2.24) is 15.6 Å². The van der Waals surface area contributed by atoms with Crippen molar-refractivity contribution in [2.75, 3.05) is 7.05 Å². The second kappa shape index (κ2) is 6.91. The van der Waals surface area contributed by atoms with Gasteiger partial charge in [-0.1, -0.05) is 36.4 Å². The number of amides is 2. The van der Waals surface area contributed by atoms with E-state index in [-0.39, 0.29) is 11.8 Å². The van der Waals surface area contributed by atoms with Gasteiger partial charge < -0.3 is 10.6 Å². The van der Waals surface area contributed by atoms with Gasteiger partial charge in [-0.3, -0.25) is 9.59 Å². The highest BCUT2D eigenvalue weighted by molar-refractivity contribution is 5.95. The highest BCUT2D eigenvalue weighted by Crippen LogP contribution is 2.12. The van der Waals surface area contributed by atoms with Gasteiger partial charge >= 0.3 is 0 Å². The summed E-state index contributed by atoms with van der Waals surface area (Å²) in [4.78, 5) is 28.3. The van der Waals surface area contributed by atoms with Gasteiger partial charge in [0.15, 0.2) is 0 Å². The minimum absolute atomic E-state index is 0.153. The average molecular weight is 319 g/mol. The molecule has 2 N–H and O–H groups in total. The van der Waals surface area contributed by atoms with E-state index in [0.29, 0.717) is 17.8 Å². The zero-order valence-corrected chi connectivity index (χ0v) is 13.2. The van der Waals surface area contributed by atoms with Crippen LogP contribution in [0.15, 0.2) is 60.7 Å². The smallest absolute Gasteiger partial charge is 0.270 e. The van der Waals surface area contributed by atoms with Crippen LogP contribution in [0.1, 0.15) is 26.4 Å². The third kappa shape index (κ3) is 3.41. The predicted molar refractivity (Wildman–Crippen MR) is 92.7 cm³/mol. The Balaban J connectivity index is 1.71. The molecule has 0 unspecified atom stereocenters. The summed E-state index contributed by atoms with van der Waals surface area (Å²) in [5, 5.41) is 6.40. The SMILES string of the molecule is CNC(=O)c1cccc(CNC(=O)c2ccc3ccccc3n2)c1. The van der Waals surface area contributed by atoms with Gasteiger partial charge in [0.05, 0.1) is 5.52 Å². The van der Waals surface area contributed by atoms with Crippen molar-refractivity contribution in [3.63, 3.8) is 0 Å². The topological polar surface area (TPSA) is 71.1 Å². The molecule has 120 valence electrons. The summed E-state index contributed by atoms with van der Waals surface area (Å²) >= 11 is 0. The first-order chi connectivity index (χ1) is 11.7. The molecule has 2 amide bonds. The van der Waals surface area contributed by atoms with E-state index in [2.05, 4.69) is 15.6 Å². The fourth-order valence-corrected chi connectivity index (χ4v) is 2.43. The molecule has 0 bridgehead atoms. The molecule has 24 heavy (non-hydrogen) atoms. The van der Waals surface area contributed by atoms with Crippen molar-refractivity contribution in [3.05, 3.63) is 77.5 Å². The van der Waals surface area contributed by atoms with Crippen LogP contribution in [0.4, 0.5) is 0 Å². The summed E-state index contributed by atoms with van der Waals surface area (Å²) in [5.74, 6) is -0.398. The Morgan fingerprint density at radius 1 is 0.958 bits per heavy atom. The van der Waals surface area contributed by atoms with Crippen LogP contribution in [0.5, 0.6) is 0 Å². The van der Waals surface area contributed by atoms with E-state index in [4.69, 9.17) is 0 Å². The maximum atomic E-state index is 12.3. The lowest BCUT2D eigenvalue weighted by atomic mass is 10.1. The number of hydrogen-bond acceptors (Lipinski definition) is 3. The number of nitrogens with one attached hydrogen (secondary N) is 2. The van der Waals surface area contributed by atoms with Gasteiger partial charge in [0, 0.05) is 24.5 Å². The van der Waals surface area contributed by atoms with Crippen molar-refractivity contribution in [1.29, 1.82) is 0 Å². The summed E-state index contributed by atoms with van der Waals surface area (Å²) in [7, 11) is 1.59. The Kier molecular flexibility index (Phi) is 4.52. The number of fused-ring (bicyclic) bond motifs is 1. The lowest BCUT2D eigenvalue weighted by Crippen LogP contribution is -2.24. The minimum Gasteiger partial charge on any atom is -0.355 e. The van der Waals surface area contributed by atoms with Gasteiger partial charge in [-0.15, -0.1) is 0 Å². The monoisotopic (exact) mass is 319 g/mol. The number of nitrogens with zero attached hydrogens (tertiary/aromatic N) is 1. The lowest BCUT2D eigenvalue weighted by Gasteiger charge is -2.07. The Labute approximate surface area is 139 Å². The molecule has 0 aliphatic carbocycles. The van der Waals surface area contributed by atoms with Crippen LogP contribution in [-0.2, 0) is 6.54 Å². The van der Waals surface area contributed by atoms with E-state index >= 15 is 0 Å². The van der Waals surface area contributed by atoms with E-state index in [1.807, 2.05) is 36.4 Å². The fourth-order valence-electron chi connectivity index (χ4n) is 2.43. The van der Waals surface area contributed by atoms with E-state index < -0.39 is 0 Å². The van der Waals surface area contributed by atoms with Crippen molar-refractivity contribution >= 4 is 22.7 Å². The zero-order chi connectivity index (χ0) is 16.9. The third-order valence-electron chi connectivity index (χ3n) is 3.70. The second-order valence-electron chi connectivity index (χ2n) is 5.35.